The van der Waals surface area contributed by atoms with Gasteiger partial charge in [0.25, 0.3) is 0 Å². The number of ether oxygens (including phenoxy) is 1. The fourth-order valence-electron chi connectivity index (χ4n) is 1.94. The van der Waals surface area contributed by atoms with Crippen LogP contribution in [-0.4, -0.2) is 22.4 Å². The van der Waals surface area contributed by atoms with Crippen LogP contribution in [0, 0.1) is 5.95 Å². The molecule has 4 nitrogen and oxygen atoms in total. The fraction of sp³-hybridized carbons (Fsp3) is 0.143. The van der Waals surface area contributed by atoms with E-state index in [1.807, 2.05) is 0 Å². The van der Waals surface area contributed by atoms with Crippen molar-refractivity contribution in [2.24, 2.45) is 0 Å². The molecule has 22 heavy (non-hydrogen) atoms. The summed E-state index contributed by atoms with van der Waals surface area (Å²) in [6.45, 7) is 0. The Hall–Kier alpha value is -2.64. The largest absolute Gasteiger partial charge is 0.573 e. The van der Waals surface area contributed by atoms with Crippen molar-refractivity contribution in [3.8, 4) is 16.9 Å². The van der Waals surface area contributed by atoms with Crippen molar-refractivity contribution in [2.45, 2.75) is 12.8 Å². The van der Waals surface area contributed by atoms with E-state index in [-0.39, 0.29) is 16.7 Å². The van der Waals surface area contributed by atoms with Gasteiger partial charge in [-0.05, 0) is 29.3 Å². The summed E-state index contributed by atoms with van der Waals surface area (Å²) >= 11 is 0. The molecular formula is C14H9F4NO3. The molecule has 1 aromatic heterocycles. The lowest BCUT2D eigenvalue weighted by Gasteiger charge is -2.12. The molecule has 0 unspecified atom stereocenters. The standard InChI is InChI=1S/C14H9F4NO3/c15-13-12(9(4-5-19-13)7-11(20)21)8-2-1-3-10(6-8)22-14(16,17)18/h1-6H,7H2,(H,20,21). The number of nitrogens with zero attached hydrogens (tertiary/aromatic N) is 1. The maximum atomic E-state index is 13.9. The van der Waals surface area contributed by atoms with Gasteiger partial charge in [0.2, 0.25) is 5.95 Å². The first-order valence-corrected chi connectivity index (χ1v) is 5.97. The van der Waals surface area contributed by atoms with Gasteiger partial charge in [0.15, 0.2) is 0 Å². The molecule has 116 valence electrons. The highest BCUT2D eigenvalue weighted by atomic mass is 19.4. The molecule has 0 aliphatic carbocycles. The quantitative estimate of drug-likeness (QED) is 0.694. The normalized spacial score (nSPS) is 11.3. The van der Waals surface area contributed by atoms with Crippen LogP contribution in [-0.2, 0) is 11.2 Å². The van der Waals surface area contributed by atoms with Crippen LogP contribution < -0.4 is 4.74 Å². The van der Waals surface area contributed by atoms with Gasteiger partial charge < -0.3 is 9.84 Å². The molecule has 1 N–H and O–H groups in total. The second kappa shape index (κ2) is 6.00. The number of alkyl halides is 3. The minimum Gasteiger partial charge on any atom is -0.481 e. The molecule has 0 saturated carbocycles. The van der Waals surface area contributed by atoms with Gasteiger partial charge in [-0.25, -0.2) is 4.98 Å². The first-order chi connectivity index (χ1) is 10.3. The van der Waals surface area contributed by atoms with Crippen LogP contribution in [0.15, 0.2) is 36.5 Å². The number of aliphatic carboxylic acids is 1. The summed E-state index contributed by atoms with van der Waals surface area (Å²) in [5, 5.41) is 8.82. The average Bonchev–Trinajstić information content (AvgIpc) is 2.36. The Balaban J connectivity index is 2.48. The Kier molecular flexibility index (Phi) is 4.30. The van der Waals surface area contributed by atoms with Gasteiger partial charge in [-0.2, -0.15) is 4.39 Å². The number of halogens is 4. The van der Waals surface area contributed by atoms with E-state index in [4.69, 9.17) is 5.11 Å². The summed E-state index contributed by atoms with van der Waals surface area (Å²) in [7, 11) is 0. The minimum absolute atomic E-state index is 0.0450. The van der Waals surface area contributed by atoms with Crippen molar-refractivity contribution in [1.29, 1.82) is 0 Å². The highest BCUT2D eigenvalue weighted by Gasteiger charge is 2.31. The molecule has 1 aromatic carbocycles. The maximum Gasteiger partial charge on any atom is 0.573 e. The van der Waals surface area contributed by atoms with Crippen molar-refractivity contribution < 1.29 is 32.2 Å². The van der Waals surface area contributed by atoms with Crippen LogP contribution in [0.1, 0.15) is 5.56 Å². The number of carboxylic acids is 1. The lowest BCUT2D eigenvalue weighted by molar-refractivity contribution is -0.274. The molecule has 1 heterocycles. The number of carbonyl (C=O) groups is 1. The second-order valence-corrected chi connectivity index (χ2v) is 4.28. The van der Waals surface area contributed by atoms with Crippen LogP contribution in [0.4, 0.5) is 17.6 Å². The second-order valence-electron chi connectivity index (χ2n) is 4.28. The monoisotopic (exact) mass is 315 g/mol. The third-order valence-corrected chi connectivity index (χ3v) is 2.69. The Labute approximate surface area is 122 Å². The van der Waals surface area contributed by atoms with Gasteiger partial charge in [0.05, 0.1) is 6.42 Å². The summed E-state index contributed by atoms with van der Waals surface area (Å²) in [6, 6.07) is 5.91. The maximum absolute atomic E-state index is 13.9. The van der Waals surface area contributed by atoms with Gasteiger partial charge in [-0.1, -0.05) is 12.1 Å². The lowest BCUT2D eigenvalue weighted by Crippen LogP contribution is -2.17. The molecule has 0 radical (unpaired) electrons. The molecule has 0 bridgehead atoms. The fourth-order valence-corrected chi connectivity index (χ4v) is 1.94. The third kappa shape index (κ3) is 3.94. The van der Waals surface area contributed by atoms with Crippen molar-refractivity contribution in [3.63, 3.8) is 0 Å². The molecule has 0 saturated heterocycles. The Morgan fingerprint density at radius 2 is 2.00 bits per heavy atom. The molecule has 0 aliphatic heterocycles. The lowest BCUT2D eigenvalue weighted by atomic mass is 9.99. The first kappa shape index (κ1) is 15.7. The van der Waals surface area contributed by atoms with Gasteiger partial charge >= 0.3 is 12.3 Å². The topological polar surface area (TPSA) is 59.4 Å². The predicted octanol–water partition coefficient (Wildman–Crippen LogP) is 3.41. The molecule has 0 aliphatic rings. The molecule has 2 aromatic rings. The highest BCUT2D eigenvalue weighted by molar-refractivity contribution is 5.76. The van der Waals surface area contributed by atoms with E-state index in [0.717, 1.165) is 18.3 Å². The molecular weight excluding hydrogens is 306 g/mol. The highest BCUT2D eigenvalue weighted by Crippen LogP contribution is 2.31. The Bertz CT molecular complexity index is 701. The molecule has 8 heteroatoms. The smallest absolute Gasteiger partial charge is 0.481 e. The van der Waals surface area contributed by atoms with Gasteiger partial charge in [-0.3, -0.25) is 4.79 Å². The van der Waals surface area contributed by atoms with Crippen LogP contribution in [0.25, 0.3) is 11.1 Å². The van der Waals surface area contributed by atoms with E-state index in [2.05, 4.69) is 9.72 Å². The summed E-state index contributed by atoms with van der Waals surface area (Å²) in [6.07, 6.45) is -4.28. The molecule has 2 rings (SSSR count). The number of pyridine rings is 1. The van der Waals surface area contributed by atoms with Crippen molar-refractivity contribution in [1.82, 2.24) is 4.98 Å². The number of carboxylic acid groups (broad SMARTS) is 1. The zero-order chi connectivity index (χ0) is 16.3. The van der Waals surface area contributed by atoms with E-state index < -0.39 is 30.4 Å². The van der Waals surface area contributed by atoms with Crippen molar-refractivity contribution in [2.75, 3.05) is 0 Å². The van der Waals surface area contributed by atoms with E-state index in [0.29, 0.717) is 0 Å². The van der Waals surface area contributed by atoms with Gasteiger partial charge in [-0.15, -0.1) is 13.2 Å². The molecule has 0 fully saturated rings. The van der Waals surface area contributed by atoms with E-state index >= 15 is 0 Å². The Morgan fingerprint density at radius 1 is 1.27 bits per heavy atom. The van der Waals surface area contributed by atoms with Crippen molar-refractivity contribution >= 4 is 5.97 Å². The average molecular weight is 315 g/mol. The van der Waals surface area contributed by atoms with Crippen LogP contribution >= 0.6 is 0 Å². The summed E-state index contributed by atoms with van der Waals surface area (Å²) in [5.41, 5.74) is -0.0229. The molecule has 0 atom stereocenters. The van der Waals surface area contributed by atoms with E-state index in [1.54, 1.807) is 0 Å². The molecule has 0 spiro atoms. The molecule has 0 amide bonds. The number of rotatable bonds is 4. The van der Waals surface area contributed by atoms with Crippen LogP contribution in [0.5, 0.6) is 5.75 Å². The van der Waals surface area contributed by atoms with Crippen molar-refractivity contribution in [3.05, 3.63) is 48.0 Å². The summed E-state index contributed by atoms with van der Waals surface area (Å²) in [5.74, 6) is -2.70. The van der Waals surface area contributed by atoms with Crippen LogP contribution in [0.3, 0.4) is 0 Å². The third-order valence-electron chi connectivity index (χ3n) is 2.69. The number of hydrogen-bond acceptors (Lipinski definition) is 3. The number of benzene rings is 1. The predicted molar refractivity (Wildman–Crippen MR) is 67.7 cm³/mol. The van der Waals surface area contributed by atoms with E-state index in [9.17, 15) is 22.4 Å². The minimum atomic E-state index is -4.88. The SMILES string of the molecule is O=C(O)Cc1ccnc(F)c1-c1cccc(OC(F)(F)F)c1. The summed E-state index contributed by atoms with van der Waals surface area (Å²) < 4.78 is 54.3. The first-order valence-electron chi connectivity index (χ1n) is 5.97. The summed E-state index contributed by atoms with van der Waals surface area (Å²) in [4.78, 5) is 14.2. The zero-order valence-corrected chi connectivity index (χ0v) is 10.9. The van der Waals surface area contributed by atoms with Gasteiger partial charge in [0, 0.05) is 11.8 Å². The number of aromatic nitrogens is 1. The van der Waals surface area contributed by atoms with E-state index in [1.165, 1.54) is 18.2 Å². The van der Waals surface area contributed by atoms with Crippen LogP contribution in [0.2, 0.25) is 0 Å². The van der Waals surface area contributed by atoms with Gasteiger partial charge in [0.1, 0.15) is 5.75 Å². The zero-order valence-electron chi connectivity index (χ0n) is 10.9. The number of hydrogen-bond donors (Lipinski definition) is 1. The Morgan fingerprint density at radius 3 is 2.64 bits per heavy atom.